The Balaban J connectivity index is 1.93. The molecular weight excluding hydrogens is 234 g/mol. The second-order valence-corrected chi connectivity index (χ2v) is 4.61. The third kappa shape index (κ3) is 2.95. The maximum Gasteiger partial charge on any atom is 0.276 e. The average Bonchev–Trinajstić information content (AvgIpc) is 2.84. The molecule has 0 aliphatic heterocycles. The fourth-order valence-electron chi connectivity index (χ4n) is 2.43. The zero-order valence-electron chi connectivity index (χ0n) is 10.1. The molecule has 1 aliphatic rings. The van der Waals surface area contributed by atoms with Gasteiger partial charge in [-0.1, -0.05) is 6.42 Å². The highest BCUT2D eigenvalue weighted by Gasteiger charge is 2.26. The van der Waals surface area contributed by atoms with Crippen LogP contribution in [0, 0.1) is 22.0 Å². The van der Waals surface area contributed by atoms with Gasteiger partial charge in [0.1, 0.15) is 0 Å². The fraction of sp³-hybridized carbons (Fsp3) is 0.583. The monoisotopic (exact) mass is 251 g/mol. The number of nitrogens with zero attached hydrogens (tertiary/aromatic N) is 2. The Labute approximate surface area is 105 Å². The SMILES string of the molecule is NCC1CCCC1COc1cc([N+](=O)[O-])ccn1. The van der Waals surface area contributed by atoms with Gasteiger partial charge in [0.05, 0.1) is 17.6 Å². The summed E-state index contributed by atoms with van der Waals surface area (Å²) < 4.78 is 5.54. The quantitative estimate of drug-likeness (QED) is 0.635. The van der Waals surface area contributed by atoms with Crippen LogP contribution in [-0.4, -0.2) is 23.1 Å². The van der Waals surface area contributed by atoms with Crippen LogP contribution >= 0.6 is 0 Å². The van der Waals surface area contributed by atoms with Gasteiger partial charge in [0.25, 0.3) is 5.69 Å². The Morgan fingerprint density at radius 1 is 1.50 bits per heavy atom. The molecule has 0 amide bonds. The summed E-state index contributed by atoms with van der Waals surface area (Å²) in [6, 6.07) is 2.71. The molecule has 1 saturated carbocycles. The number of hydrogen-bond donors (Lipinski definition) is 1. The molecule has 0 spiro atoms. The molecule has 0 bridgehead atoms. The van der Waals surface area contributed by atoms with Gasteiger partial charge in [-0.2, -0.15) is 0 Å². The van der Waals surface area contributed by atoms with Crippen molar-refractivity contribution in [3.63, 3.8) is 0 Å². The lowest BCUT2D eigenvalue weighted by molar-refractivity contribution is -0.385. The molecule has 0 saturated heterocycles. The molecule has 2 rings (SSSR count). The molecule has 18 heavy (non-hydrogen) atoms. The van der Waals surface area contributed by atoms with E-state index < -0.39 is 4.92 Å². The molecule has 1 aliphatic carbocycles. The van der Waals surface area contributed by atoms with Gasteiger partial charge in [-0.15, -0.1) is 0 Å². The van der Waals surface area contributed by atoms with E-state index >= 15 is 0 Å². The lowest BCUT2D eigenvalue weighted by Crippen LogP contribution is -2.23. The predicted octanol–water partition coefficient (Wildman–Crippen LogP) is 1.74. The number of nitro groups is 1. The standard InChI is InChI=1S/C12H17N3O3/c13-7-9-2-1-3-10(9)8-18-12-6-11(15(16)17)4-5-14-12/h4-6,9-10H,1-3,7-8,13H2. The molecule has 1 aromatic heterocycles. The van der Waals surface area contributed by atoms with Gasteiger partial charge in [0, 0.05) is 12.3 Å². The minimum Gasteiger partial charge on any atom is -0.477 e. The number of rotatable bonds is 5. The Kier molecular flexibility index (Phi) is 4.09. The first-order valence-electron chi connectivity index (χ1n) is 6.14. The minimum atomic E-state index is -0.452. The van der Waals surface area contributed by atoms with E-state index in [1.165, 1.54) is 24.8 Å². The number of pyridine rings is 1. The summed E-state index contributed by atoms with van der Waals surface area (Å²) in [4.78, 5) is 14.1. The number of ether oxygens (including phenoxy) is 1. The summed E-state index contributed by atoms with van der Waals surface area (Å²) in [6.45, 7) is 1.21. The van der Waals surface area contributed by atoms with Crippen molar-refractivity contribution in [3.8, 4) is 5.88 Å². The number of nitrogens with two attached hydrogens (primary N) is 1. The molecule has 1 aromatic rings. The van der Waals surface area contributed by atoms with Crippen LogP contribution in [0.25, 0.3) is 0 Å². The van der Waals surface area contributed by atoms with E-state index in [0.29, 0.717) is 30.9 Å². The summed E-state index contributed by atoms with van der Waals surface area (Å²) in [5, 5.41) is 10.6. The maximum absolute atomic E-state index is 10.6. The molecule has 2 atom stereocenters. The van der Waals surface area contributed by atoms with Crippen LogP contribution in [0.4, 0.5) is 5.69 Å². The second kappa shape index (κ2) is 5.77. The molecule has 98 valence electrons. The Bertz CT molecular complexity index is 425. The van der Waals surface area contributed by atoms with Crippen molar-refractivity contribution in [2.45, 2.75) is 19.3 Å². The Hall–Kier alpha value is -1.69. The maximum atomic E-state index is 10.6. The van der Waals surface area contributed by atoms with Gasteiger partial charge in [0.15, 0.2) is 0 Å². The highest BCUT2D eigenvalue weighted by molar-refractivity contribution is 5.32. The third-order valence-electron chi connectivity index (χ3n) is 3.49. The van der Waals surface area contributed by atoms with Gasteiger partial charge in [-0.25, -0.2) is 4.98 Å². The van der Waals surface area contributed by atoms with Gasteiger partial charge in [-0.3, -0.25) is 10.1 Å². The molecule has 2 unspecified atom stereocenters. The van der Waals surface area contributed by atoms with Crippen LogP contribution in [0.15, 0.2) is 18.3 Å². The smallest absolute Gasteiger partial charge is 0.276 e. The summed E-state index contributed by atoms with van der Waals surface area (Å²) in [5.41, 5.74) is 5.70. The number of hydrogen-bond acceptors (Lipinski definition) is 5. The van der Waals surface area contributed by atoms with E-state index in [9.17, 15) is 10.1 Å². The van der Waals surface area contributed by atoms with Crippen molar-refractivity contribution < 1.29 is 9.66 Å². The van der Waals surface area contributed by atoms with Gasteiger partial charge in [-0.05, 0) is 31.2 Å². The minimum absolute atomic E-state index is 0.00166. The first-order valence-corrected chi connectivity index (χ1v) is 6.14. The number of aromatic nitrogens is 1. The van der Waals surface area contributed by atoms with Gasteiger partial charge in [0.2, 0.25) is 5.88 Å². The van der Waals surface area contributed by atoms with Crippen molar-refractivity contribution >= 4 is 5.69 Å². The molecule has 6 nitrogen and oxygen atoms in total. The lowest BCUT2D eigenvalue weighted by atomic mass is 9.97. The highest BCUT2D eigenvalue weighted by atomic mass is 16.6. The van der Waals surface area contributed by atoms with E-state index in [1.54, 1.807) is 0 Å². The molecule has 1 heterocycles. The van der Waals surface area contributed by atoms with Crippen molar-refractivity contribution in [3.05, 3.63) is 28.4 Å². The second-order valence-electron chi connectivity index (χ2n) is 4.61. The Morgan fingerprint density at radius 3 is 3.00 bits per heavy atom. The third-order valence-corrected chi connectivity index (χ3v) is 3.49. The zero-order valence-corrected chi connectivity index (χ0v) is 10.1. The average molecular weight is 251 g/mol. The lowest BCUT2D eigenvalue weighted by Gasteiger charge is -2.17. The van der Waals surface area contributed by atoms with Crippen molar-refractivity contribution in [2.24, 2.45) is 17.6 Å². The van der Waals surface area contributed by atoms with Crippen LogP contribution < -0.4 is 10.5 Å². The van der Waals surface area contributed by atoms with Crippen molar-refractivity contribution in [1.29, 1.82) is 0 Å². The van der Waals surface area contributed by atoms with E-state index in [1.807, 2.05) is 0 Å². The molecule has 2 N–H and O–H groups in total. The topological polar surface area (TPSA) is 91.3 Å². The van der Waals surface area contributed by atoms with Gasteiger partial charge >= 0.3 is 0 Å². The molecular formula is C12H17N3O3. The summed E-state index contributed by atoms with van der Waals surface area (Å²) >= 11 is 0. The van der Waals surface area contributed by atoms with Crippen LogP contribution in [0.2, 0.25) is 0 Å². The fourth-order valence-corrected chi connectivity index (χ4v) is 2.43. The van der Waals surface area contributed by atoms with Crippen molar-refractivity contribution in [2.75, 3.05) is 13.2 Å². The molecule has 0 radical (unpaired) electrons. The molecule has 0 aromatic carbocycles. The van der Waals surface area contributed by atoms with E-state index in [4.69, 9.17) is 10.5 Å². The summed E-state index contributed by atoms with van der Waals surface area (Å²) in [7, 11) is 0. The van der Waals surface area contributed by atoms with Crippen LogP contribution in [-0.2, 0) is 0 Å². The van der Waals surface area contributed by atoms with E-state index in [0.717, 1.165) is 12.8 Å². The molecule has 1 fully saturated rings. The van der Waals surface area contributed by atoms with E-state index in [-0.39, 0.29) is 5.69 Å². The van der Waals surface area contributed by atoms with Crippen LogP contribution in [0.3, 0.4) is 0 Å². The highest BCUT2D eigenvalue weighted by Crippen LogP contribution is 2.31. The first-order chi connectivity index (χ1) is 8.70. The molecule has 6 heteroatoms. The summed E-state index contributed by atoms with van der Waals surface area (Å²) in [6.07, 6.45) is 4.82. The van der Waals surface area contributed by atoms with Crippen LogP contribution in [0.5, 0.6) is 5.88 Å². The van der Waals surface area contributed by atoms with Crippen molar-refractivity contribution in [1.82, 2.24) is 4.98 Å². The van der Waals surface area contributed by atoms with Gasteiger partial charge < -0.3 is 10.5 Å². The predicted molar refractivity (Wildman–Crippen MR) is 66.3 cm³/mol. The van der Waals surface area contributed by atoms with E-state index in [2.05, 4.69) is 4.98 Å². The normalized spacial score (nSPS) is 22.9. The summed E-state index contributed by atoms with van der Waals surface area (Å²) in [5.74, 6) is 1.26. The van der Waals surface area contributed by atoms with Crippen LogP contribution in [0.1, 0.15) is 19.3 Å². The first kappa shape index (κ1) is 12.8. The Morgan fingerprint density at radius 2 is 2.28 bits per heavy atom. The zero-order chi connectivity index (χ0) is 13.0. The largest absolute Gasteiger partial charge is 0.477 e.